The van der Waals surface area contributed by atoms with Gasteiger partial charge in [-0.25, -0.2) is 0 Å². The first-order valence-corrected chi connectivity index (χ1v) is 9.93. The van der Waals surface area contributed by atoms with Gasteiger partial charge in [0.1, 0.15) is 12.1 Å². The fraction of sp³-hybridized carbons (Fsp3) is 0.400. The number of hydrogen-bond acceptors (Lipinski definition) is 3. The molecule has 26 heavy (non-hydrogen) atoms. The van der Waals surface area contributed by atoms with E-state index in [1.165, 1.54) is 21.8 Å². The fourth-order valence-electron chi connectivity index (χ4n) is 3.49. The largest absolute Gasteiger partial charge is 0.348 e. The summed E-state index contributed by atoms with van der Waals surface area (Å²) >= 11 is 1.42. The lowest BCUT2D eigenvalue weighted by atomic mass is 10.1. The van der Waals surface area contributed by atoms with Crippen molar-refractivity contribution in [3.63, 3.8) is 0 Å². The van der Waals surface area contributed by atoms with Gasteiger partial charge >= 0.3 is 0 Å². The molecule has 1 aliphatic rings. The van der Waals surface area contributed by atoms with E-state index in [0.717, 1.165) is 12.8 Å². The van der Waals surface area contributed by atoms with Crippen LogP contribution in [0.1, 0.15) is 34.1 Å². The Balaban J connectivity index is 1.64. The molecule has 1 aromatic carbocycles. The van der Waals surface area contributed by atoms with Gasteiger partial charge in [-0.3, -0.25) is 9.59 Å². The molecule has 2 amide bonds. The number of carbonyl (C=O) groups is 2. The van der Waals surface area contributed by atoms with Crippen LogP contribution in [-0.4, -0.2) is 49.9 Å². The lowest BCUT2D eigenvalue weighted by Gasteiger charge is -2.26. The van der Waals surface area contributed by atoms with Gasteiger partial charge in [0.15, 0.2) is 0 Å². The molecule has 2 atom stereocenters. The number of likely N-dealkylation sites (N-methyl/N-ethyl adjacent to an activating group) is 1. The quantitative estimate of drug-likeness (QED) is 0.804. The monoisotopic (exact) mass is 372 g/mol. The van der Waals surface area contributed by atoms with E-state index in [4.69, 9.17) is 0 Å². The van der Waals surface area contributed by atoms with Crippen molar-refractivity contribution >= 4 is 23.2 Å². The van der Waals surface area contributed by atoms with Gasteiger partial charge in [0.25, 0.3) is 5.91 Å². The van der Waals surface area contributed by atoms with E-state index in [9.17, 15) is 9.59 Å². The van der Waals surface area contributed by atoms with Crippen molar-refractivity contribution in [3.05, 3.63) is 58.3 Å². The maximum Gasteiger partial charge on any atom is 0.264 e. The molecule has 138 valence electrons. The van der Waals surface area contributed by atoms with Gasteiger partial charge in [0.2, 0.25) is 5.91 Å². The van der Waals surface area contributed by atoms with Crippen LogP contribution >= 0.6 is 11.3 Å². The average Bonchev–Trinajstić information content (AvgIpc) is 3.33. The van der Waals surface area contributed by atoms with Crippen molar-refractivity contribution in [1.29, 1.82) is 0 Å². The summed E-state index contributed by atoms with van der Waals surface area (Å²) in [5.41, 5.74) is 1.20. The first-order valence-electron chi connectivity index (χ1n) is 9.05. The van der Waals surface area contributed by atoms with Crippen LogP contribution < -0.4 is 10.2 Å². The van der Waals surface area contributed by atoms with E-state index < -0.39 is 0 Å². The highest BCUT2D eigenvalue weighted by Gasteiger charge is 2.35. The number of benzene rings is 1. The smallest absolute Gasteiger partial charge is 0.264 e. The summed E-state index contributed by atoms with van der Waals surface area (Å²) in [6, 6.07) is 13.7. The highest BCUT2D eigenvalue weighted by Crippen LogP contribution is 2.22. The Morgan fingerprint density at radius 1 is 1.23 bits per heavy atom. The van der Waals surface area contributed by atoms with Crippen LogP contribution in [-0.2, 0) is 4.79 Å². The third-order valence-electron chi connectivity index (χ3n) is 4.93. The van der Waals surface area contributed by atoms with Crippen LogP contribution in [0.2, 0.25) is 0 Å². The Morgan fingerprint density at radius 3 is 2.65 bits per heavy atom. The highest BCUT2D eigenvalue weighted by molar-refractivity contribution is 7.12. The van der Waals surface area contributed by atoms with Crippen molar-refractivity contribution in [3.8, 4) is 0 Å². The molecule has 5 nitrogen and oxygen atoms in total. The molecule has 0 saturated carbocycles. The predicted octanol–water partition coefficient (Wildman–Crippen LogP) is 1.35. The van der Waals surface area contributed by atoms with Crippen LogP contribution in [0, 0.1) is 0 Å². The number of thiophene rings is 1. The van der Waals surface area contributed by atoms with Gasteiger partial charge in [0.05, 0.1) is 25.5 Å². The van der Waals surface area contributed by atoms with E-state index >= 15 is 0 Å². The molecule has 1 fully saturated rings. The van der Waals surface area contributed by atoms with Crippen LogP contribution in [0.3, 0.4) is 0 Å². The van der Waals surface area contributed by atoms with Crippen LogP contribution in [0.15, 0.2) is 47.8 Å². The van der Waals surface area contributed by atoms with Crippen LogP contribution in [0.4, 0.5) is 0 Å². The summed E-state index contributed by atoms with van der Waals surface area (Å²) in [4.78, 5) is 29.1. The van der Waals surface area contributed by atoms with Crippen molar-refractivity contribution in [2.24, 2.45) is 0 Å². The number of amides is 2. The Bertz CT molecular complexity index is 731. The summed E-state index contributed by atoms with van der Waals surface area (Å²) in [5, 5.41) is 4.98. The van der Waals surface area contributed by atoms with Gasteiger partial charge < -0.3 is 15.1 Å². The Labute approximate surface area is 158 Å². The zero-order valence-corrected chi connectivity index (χ0v) is 16.1. The van der Waals surface area contributed by atoms with Gasteiger partial charge in [-0.1, -0.05) is 36.4 Å². The number of likely N-dealkylation sites (tertiary alicyclic amines) is 1. The molecule has 2 heterocycles. The molecule has 0 aliphatic carbocycles. The first-order chi connectivity index (χ1) is 12.6. The second-order valence-electron chi connectivity index (χ2n) is 6.92. The average molecular weight is 373 g/mol. The van der Waals surface area contributed by atoms with Gasteiger partial charge in [-0.05, 0) is 24.3 Å². The maximum absolute atomic E-state index is 12.8. The number of nitrogens with one attached hydrogen (secondary N) is 2. The molecule has 1 saturated heterocycles. The van der Waals surface area contributed by atoms with Crippen molar-refractivity contribution in [2.45, 2.75) is 24.9 Å². The topological polar surface area (TPSA) is 53.9 Å². The van der Waals surface area contributed by atoms with Crippen molar-refractivity contribution in [2.75, 3.05) is 27.2 Å². The normalized spacial score (nSPS) is 18.1. The molecule has 2 N–H and O–H groups in total. The van der Waals surface area contributed by atoms with E-state index in [1.54, 1.807) is 4.90 Å². The molecule has 2 aromatic rings. The molecular weight excluding hydrogens is 346 g/mol. The lowest BCUT2D eigenvalue weighted by molar-refractivity contribution is -0.890. The second-order valence-corrected chi connectivity index (χ2v) is 7.87. The zero-order valence-electron chi connectivity index (χ0n) is 15.3. The van der Waals surface area contributed by atoms with Crippen LogP contribution in [0.5, 0.6) is 0 Å². The Kier molecular flexibility index (Phi) is 6.06. The molecule has 0 radical (unpaired) electrons. The minimum Gasteiger partial charge on any atom is -0.348 e. The first kappa shape index (κ1) is 18.6. The van der Waals surface area contributed by atoms with E-state index in [1.807, 2.05) is 35.7 Å². The summed E-state index contributed by atoms with van der Waals surface area (Å²) in [6.07, 6.45) is 1.60. The summed E-state index contributed by atoms with van der Waals surface area (Å²) in [5.74, 6) is -0.0786. The van der Waals surface area contributed by atoms with Crippen molar-refractivity contribution < 1.29 is 14.5 Å². The molecule has 0 bridgehead atoms. The number of rotatable bonds is 6. The molecule has 0 unspecified atom stereocenters. The zero-order chi connectivity index (χ0) is 18.5. The highest BCUT2D eigenvalue weighted by atomic mass is 32.1. The summed E-state index contributed by atoms with van der Waals surface area (Å²) in [7, 11) is 4.18. The van der Waals surface area contributed by atoms with E-state index in [-0.39, 0.29) is 23.9 Å². The summed E-state index contributed by atoms with van der Waals surface area (Å²) in [6.45, 7) is 1.21. The van der Waals surface area contributed by atoms with Crippen molar-refractivity contribution in [1.82, 2.24) is 10.2 Å². The molecule has 1 aliphatic heterocycles. The van der Waals surface area contributed by atoms with Crippen LogP contribution in [0.25, 0.3) is 0 Å². The fourth-order valence-corrected chi connectivity index (χ4v) is 4.16. The minimum atomic E-state index is -0.363. The maximum atomic E-state index is 12.8. The third kappa shape index (κ3) is 4.14. The molecule has 0 spiro atoms. The van der Waals surface area contributed by atoms with Gasteiger partial charge in [-0.2, -0.15) is 0 Å². The molecule has 3 rings (SSSR count). The number of quaternary nitrogens is 1. The minimum absolute atomic E-state index is 0.0320. The van der Waals surface area contributed by atoms with Gasteiger partial charge in [0, 0.05) is 12.1 Å². The number of nitrogens with zero attached hydrogens (tertiary/aromatic N) is 1. The van der Waals surface area contributed by atoms with E-state index in [0.29, 0.717) is 18.0 Å². The molecule has 1 aromatic heterocycles. The molecule has 6 heteroatoms. The Morgan fingerprint density at radius 2 is 2.00 bits per heavy atom. The Hall–Kier alpha value is -2.18. The predicted molar refractivity (Wildman–Crippen MR) is 103 cm³/mol. The van der Waals surface area contributed by atoms with Gasteiger partial charge in [-0.15, -0.1) is 11.3 Å². The standard InChI is InChI=1S/C20H25N3O2S/c1-22(2)17(15-8-4-3-5-9-15)14-21-19(24)16-10-6-12-23(16)20(25)18-11-7-13-26-18/h3-5,7-9,11,13,16-17H,6,10,12,14H2,1-2H3,(H,21,24)/p+1/t16-,17-/m0/s1. The molecular formula is C20H26N3O2S+. The number of carbonyl (C=O) groups excluding carboxylic acids is 2. The number of hydrogen-bond donors (Lipinski definition) is 2. The SMILES string of the molecule is C[NH+](C)[C@@H](CNC(=O)[C@@H]1CCCN1C(=O)c1cccs1)c1ccccc1. The van der Waals surface area contributed by atoms with E-state index in [2.05, 4.69) is 31.5 Å². The summed E-state index contributed by atoms with van der Waals surface area (Å²) < 4.78 is 0. The lowest BCUT2D eigenvalue weighted by Crippen LogP contribution is -3.07. The second kappa shape index (κ2) is 8.47. The third-order valence-corrected chi connectivity index (χ3v) is 5.79.